The normalized spacial score (nSPS) is 35.4. The second-order valence-electron chi connectivity index (χ2n) is 7.06. The summed E-state index contributed by atoms with van der Waals surface area (Å²) in [5, 5.41) is 3.62. The van der Waals surface area contributed by atoms with Crippen LogP contribution in [0.25, 0.3) is 0 Å². The topological polar surface area (TPSA) is 35.6 Å². The van der Waals surface area contributed by atoms with Gasteiger partial charge in [-0.25, -0.2) is 0 Å². The van der Waals surface area contributed by atoms with Gasteiger partial charge in [0, 0.05) is 38.3 Å². The third-order valence-corrected chi connectivity index (χ3v) is 5.52. The lowest BCUT2D eigenvalue weighted by Gasteiger charge is -2.38. The van der Waals surface area contributed by atoms with Crippen LogP contribution in [0, 0.1) is 5.92 Å². The van der Waals surface area contributed by atoms with Crippen molar-refractivity contribution in [1.29, 1.82) is 0 Å². The van der Waals surface area contributed by atoms with Crippen molar-refractivity contribution >= 4 is 5.91 Å². The Kier molecular flexibility index (Phi) is 4.32. The molecule has 0 bridgehead atoms. The molecular weight excluding hydrogens is 250 g/mol. The van der Waals surface area contributed by atoms with E-state index in [1.54, 1.807) is 0 Å². The van der Waals surface area contributed by atoms with Crippen LogP contribution in [0.4, 0.5) is 0 Å². The Labute approximate surface area is 122 Å². The van der Waals surface area contributed by atoms with Crippen molar-refractivity contribution in [3.05, 3.63) is 0 Å². The van der Waals surface area contributed by atoms with Crippen LogP contribution in [0.15, 0.2) is 0 Å². The number of rotatable bonds is 2. The molecule has 3 fully saturated rings. The van der Waals surface area contributed by atoms with Gasteiger partial charge in [-0.05, 0) is 39.0 Å². The van der Waals surface area contributed by atoms with Crippen LogP contribution in [0.5, 0.6) is 0 Å². The van der Waals surface area contributed by atoms with E-state index in [0.717, 1.165) is 38.5 Å². The second-order valence-corrected chi connectivity index (χ2v) is 7.06. The molecule has 20 heavy (non-hydrogen) atoms. The van der Waals surface area contributed by atoms with Gasteiger partial charge in [-0.15, -0.1) is 0 Å². The molecule has 0 aromatic carbocycles. The maximum Gasteiger partial charge on any atom is 0.239 e. The van der Waals surface area contributed by atoms with Crippen LogP contribution in [0.1, 0.15) is 46.0 Å². The summed E-state index contributed by atoms with van der Waals surface area (Å²) >= 11 is 0. The zero-order chi connectivity index (χ0) is 14.1. The molecular formula is C16H29N3O. The first kappa shape index (κ1) is 14.3. The molecule has 3 rings (SSSR count). The highest BCUT2D eigenvalue weighted by Crippen LogP contribution is 2.33. The van der Waals surface area contributed by atoms with E-state index in [4.69, 9.17) is 0 Å². The number of piperazine rings is 1. The Morgan fingerprint density at radius 3 is 2.45 bits per heavy atom. The SMILES string of the molecule is CC(C)N1CCN(C(=O)C2CC3CCCCC3N2)CC1. The van der Waals surface area contributed by atoms with E-state index < -0.39 is 0 Å². The molecule has 0 spiro atoms. The number of nitrogens with one attached hydrogen (secondary N) is 1. The van der Waals surface area contributed by atoms with Crippen LogP contribution < -0.4 is 5.32 Å². The molecule has 1 N–H and O–H groups in total. The monoisotopic (exact) mass is 279 g/mol. The summed E-state index contributed by atoms with van der Waals surface area (Å²) in [4.78, 5) is 17.2. The van der Waals surface area contributed by atoms with Crippen molar-refractivity contribution < 1.29 is 4.79 Å². The van der Waals surface area contributed by atoms with Crippen molar-refractivity contribution in [2.45, 2.75) is 64.1 Å². The molecule has 0 aromatic heterocycles. The number of carbonyl (C=O) groups excluding carboxylic acids is 1. The number of hydrogen-bond acceptors (Lipinski definition) is 3. The Morgan fingerprint density at radius 1 is 1.10 bits per heavy atom. The summed E-state index contributed by atoms with van der Waals surface area (Å²) in [6, 6.07) is 1.32. The van der Waals surface area contributed by atoms with Crippen molar-refractivity contribution in [3.8, 4) is 0 Å². The Morgan fingerprint density at radius 2 is 1.80 bits per heavy atom. The smallest absolute Gasteiger partial charge is 0.239 e. The van der Waals surface area contributed by atoms with E-state index in [2.05, 4.69) is 29.0 Å². The minimum atomic E-state index is 0.105. The fourth-order valence-electron chi connectivity index (χ4n) is 4.19. The van der Waals surface area contributed by atoms with Crippen molar-refractivity contribution in [3.63, 3.8) is 0 Å². The predicted molar refractivity (Wildman–Crippen MR) is 80.6 cm³/mol. The number of amides is 1. The first-order chi connectivity index (χ1) is 9.65. The van der Waals surface area contributed by atoms with Crippen molar-refractivity contribution in [1.82, 2.24) is 15.1 Å². The van der Waals surface area contributed by atoms with E-state index >= 15 is 0 Å². The minimum Gasteiger partial charge on any atom is -0.339 e. The first-order valence-electron chi connectivity index (χ1n) is 8.44. The average molecular weight is 279 g/mol. The second kappa shape index (κ2) is 6.02. The van der Waals surface area contributed by atoms with Gasteiger partial charge in [0.15, 0.2) is 0 Å². The van der Waals surface area contributed by atoms with Gasteiger partial charge >= 0.3 is 0 Å². The minimum absolute atomic E-state index is 0.105. The molecule has 3 unspecified atom stereocenters. The molecule has 3 aliphatic rings. The van der Waals surface area contributed by atoms with Crippen molar-refractivity contribution in [2.24, 2.45) is 5.92 Å². The molecule has 114 valence electrons. The summed E-state index contributed by atoms with van der Waals surface area (Å²) in [5.41, 5.74) is 0. The van der Waals surface area contributed by atoms with Gasteiger partial charge in [0.25, 0.3) is 0 Å². The van der Waals surface area contributed by atoms with E-state index in [9.17, 15) is 4.79 Å². The molecule has 4 nitrogen and oxygen atoms in total. The largest absolute Gasteiger partial charge is 0.339 e. The number of hydrogen-bond donors (Lipinski definition) is 1. The lowest BCUT2D eigenvalue weighted by molar-refractivity contribution is -0.135. The molecule has 2 aliphatic heterocycles. The lowest BCUT2D eigenvalue weighted by atomic mass is 9.85. The highest BCUT2D eigenvalue weighted by molar-refractivity contribution is 5.82. The van der Waals surface area contributed by atoms with Gasteiger partial charge in [-0.2, -0.15) is 0 Å². The third-order valence-electron chi connectivity index (χ3n) is 5.52. The summed E-state index contributed by atoms with van der Waals surface area (Å²) in [7, 11) is 0. The van der Waals surface area contributed by atoms with Crippen LogP contribution in [0.2, 0.25) is 0 Å². The first-order valence-corrected chi connectivity index (χ1v) is 8.44. The Hall–Kier alpha value is -0.610. The maximum absolute atomic E-state index is 12.7. The zero-order valence-corrected chi connectivity index (χ0v) is 13.0. The fraction of sp³-hybridized carbons (Fsp3) is 0.938. The average Bonchev–Trinajstić information content (AvgIpc) is 2.90. The summed E-state index contributed by atoms with van der Waals surface area (Å²) in [5.74, 6) is 1.12. The third kappa shape index (κ3) is 2.86. The highest BCUT2D eigenvalue weighted by Gasteiger charge is 2.40. The fourth-order valence-corrected chi connectivity index (χ4v) is 4.19. The molecule has 4 heteroatoms. The van der Waals surface area contributed by atoms with E-state index in [1.165, 1.54) is 25.7 Å². The predicted octanol–water partition coefficient (Wildman–Crippen LogP) is 1.46. The zero-order valence-electron chi connectivity index (χ0n) is 13.0. The molecule has 0 radical (unpaired) electrons. The molecule has 1 saturated carbocycles. The van der Waals surface area contributed by atoms with E-state index in [1.807, 2.05) is 0 Å². The molecule has 2 heterocycles. The van der Waals surface area contributed by atoms with Crippen LogP contribution >= 0.6 is 0 Å². The standard InChI is InChI=1S/C16H29N3O/c1-12(2)18-7-9-19(10-8-18)16(20)15-11-13-5-3-4-6-14(13)17-15/h12-15,17H,3-11H2,1-2H3. The van der Waals surface area contributed by atoms with Gasteiger partial charge in [-0.1, -0.05) is 12.8 Å². The van der Waals surface area contributed by atoms with Gasteiger partial charge in [-0.3, -0.25) is 9.69 Å². The van der Waals surface area contributed by atoms with Gasteiger partial charge < -0.3 is 10.2 Å². The van der Waals surface area contributed by atoms with Crippen molar-refractivity contribution in [2.75, 3.05) is 26.2 Å². The molecule has 1 amide bonds. The molecule has 1 aliphatic carbocycles. The number of fused-ring (bicyclic) bond motifs is 1. The van der Waals surface area contributed by atoms with Gasteiger partial charge in [0.1, 0.15) is 0 Å². The summed E-state index contributed by atoms with van der Waals surface area (Å²) in [6.07, 6.45) is 6.37. The Balaban J connectivity index is 1.52. The van der Waals surface area contributed by atoms with Crippen LogP contribution in [-0.2, 0) is 4.79 Å². The Bertz CT molecular complexity index is 336. The highest BCUT2D eigenvalue weighted by atomic mass is 16.2. The van der Waals surface area contributed by atoms with Crippen LogP contribution in [0.3, 0.4) is 0 Å². The van der Waals surface area contributed by atoms with Gasteiger partial charge in [0.05, 0.1) is 6.04 Å². The van der Waals surface area contributed by atoms with E-state index in [-0.39, 0.29) is 6.04 Å². The van der Waals surface area contributed by atoms with Gasteiger partial charge in [0.2, 0.25) is 5.91 Å². The summed E-state index contributed by atoms with van der Waals surface area (Å²) < 4.78 is 0. The molecule has 0 aromatic rings. The number of carbonyl (C=O) groups is 1. The quantitative estimate of drug-likeness (QED) is 0.831. The number of nitrogens with zero attached hydrogens (tertiary/aromatic N) is 2. The summed E-state index contributed by atoms with van der Waals surface area (Å²) in [6.45, 7) is 8.35. The van der Waals surface area contributed by atoms with Crippen LogP contribution in [-0.4, -0.2) is 60.0 Å². The molecule has 3 atom stereocenters. The van der Waals surface area contributed by atoms with E-state index in [0.29, 0.717) is 18.0 Å². The maximum atomic E-state index is 12.7. The lowest BCUT2D eigenvalue weighted by Crippen LogP contribution is -2.54. The molecule has 2 saturated heterocycles.